The molecule has 0 heterocycles. The Morgan fingerprint density at radius 3 is 2.59 bits per heavy atom. The molecule has 0 aliphatic rings. The van der Waals surface area contributed by atoms with E-state index < -0.39 is 24.8 Å². The van der Waals surface area contributed by atoms with E-state index in [1.54, 1.807) is 6.92 Å². The minimum atomic E-state index is -1.17. The van der Waals surface area contributed by atoms with Crippen LogP contribution in [-0.4, -0.2) is 46.4 Å². The smallest absolute Gasteiger partial charge is 0.329 e. The summed E-state index contributed by atoms with van der Waals surface area (Å²) < 4.78 is 4.54. The summed E-state index contributed by atoms with van der Waals surface area (Å²) in [6, 6.07) is 0. The highest BCUT2D eigenvalue weighted by atomic mass is 16.8. The molecule has 98 valence electrons. The van der Waals surface area contributed by atoms with Gasteiger partial charge in [-0.1, -0.05) is 0 Å². The van der Waals surface area contributed by atoms with Crippen LogP contribution >= 0.6 is 0 Å². The molecule has 0 amide bonds. The first-order valence-electron chi connectivity index (χ1n) is 4.84. The molecule has 1 N–H and O–H groups in total. The Kier molecular flexibility index (Phi) is 6.37. The molecule has 0 bridgehead atoms. The number of carbonyl (C=O) groups excluding carboxylic acids is 1. The Morgan fingerprint density at radius 2 is 2.18 bits per heavy atom. The van der Waals surface area contributed by atoms with Crippen LogP contribution in [0.1, 0.15) is 20.8 Å². The lowest BCUT2D eigenvalue weighted by molar-refractivity contribution is -0.710. The van der Waals surface area contributed by atoms with Crippen molar-refractivity contribution in [3.63, 3.8) is 0 Å². The van der Waals surface area contributed by atoms with Gasteiger partial charge in [0.1, 0.15) is 0 Å². The van der Waals surface area contributed by atoms with Crippen molar-refractivity contribution in [2.24, 2.45) is 5.28 Å². The maximum Gasteiger partial charge on any atom is 0.329 e. The number of carboxylic acids is 1. The van der Waals surface area contributed by atoms with Gasteiger partial charge in [0.15, 0.2) is 6.54 Å². The number of likely N-dealkylation sites (N-methyl/N-ethyl adjacent to an activating group) is 1. The maximum absolute atomic E-state index is 11.2. The van der Waals surface area contributed by atoms with Gasteiger partial charge in [-0.15, -0.1) is 5.01 Å². The van der Waals surface area contributed by atoms with Crippen LogP contribution in [0.3, 0.4) is 0 Å². The van der Waals surface area contributed by atoms with Gasteiger partial charge in [-0.3, -0.25) is 14.4 Å². The van der Waals surface area contributed by atoms with Gasteiger partial charge in [0.2, 0.25) is 5.28 Å². The quantitative estimate of drug-likeness (QED) is 0.224. The largest absolute Gasteiger partial charge is 0.569 e. The van der Waals surface area contributed by atoms with Crippen LogP contribution in [0.4, 0.5) is 0 Å². The summed E-state index contributed by atoms with van der Waals surface area (Å²) in [5.41, 5.74) is 0. The van der Waals surface area contributed by atoms with Gasteiger partial charge in [0.25, 0.3) is 6.29 Å². The van der Waals surface area contributed by atoms with Crippen molar-refractivity contribution >= 4 is 11.9 Å². The van der Waals surface area contributed by atoms with Gasteiger partial charge in [0, 0.05) is 13.8 Å². The zero-order chi connectivity index (χ0) is 13.4. The Morgan fingerprint density at radius 1 is 1.59 bits per heavy atom. The third kappa shape index (κ3) is 6.93. The first kappa shape index (κ1) is 14.9. The van der Waals surface area contributed by atoms with Crippen molar-refractivity contribution in [2.75, 3.05) is 13.1 Å². The number of carboxylic acid groups (broad SMARTS) is 1. The Labute approximate surface area is 97.7 Å². The molecule has 1 unspecified atom stereocenters. The Hall–Kier alpha value is -2.06. The molecule has 9 heteroatoms. The van der Waals surface area contributed by atoms with Crippen LogP contribution in [0.2, 0.25) is 0 Å². The van der Waals surface area contributed by atoms with E-state index in [4.69, 9.17) is 5.11 Å². The number of hydrazine groups is 1. The lowest BCUT2D eigenvalue weighted by Gasteiger charge is -2.14. The molecular formula is C8H15N3O6. The van der Waals surface area contributed by atoms with Crippen molar-refractivity contribution in [2.45, 2.75) is 27.1 Å². The van der Waals surface area contributed by atoms with Gasteiger partial charge in [-0.25, -0.2) is 0 Å². The zero-order valence-corrected chi connectivity index (χ0v) is 9.82. The molecule has 0 saturated heterocycles. The van der Waals surface area contributed by atoms with E-state index in [0.717, 1.165) is 5.01 Å². The fourth-order valence-corrected chi connectivity index (χ4v) is 0.863. The first-order chi connectivity index (χ1) is 7.86. The van der Waals surface area contributed by atoms with Crippen LogP contribution in [0.25, 0.3) is 0 Å². The van der Waals surface area contributed by atoms with Crippen LogP contribution < -0.4 is 0 Å². The summed E-state index contributed by atoms with van der Waals surface area (Å²) in [5, 5.41) is 23.7. The number of hydrogen-bond acceptors (Lipinski definition) is 6. The van der Waals surface area contributed by atoms with Crippen molar-refractivity contribution in [3.05, 3.63) is 5.21 Å². The molecule has 0 radical (unpaired) electrons. The molecule has 0 aromatic rings. The van der Waals surface area contributed by atoms with E-state index in [9.17, 15) is 14.8 Å². The topological polar surface area (TPSA) is 114 Å². The second-order valence-corrected chi connectivity index (χ2v) is 2.99. The van der Waals surface area contributed by atoms with Crippen LogP contribution in [-0.2, 0) is 19.2 Å². The summed E-state index contributed by atoms with van der Waals surface area (Å²) in [7, 11) is 0. The maximum atomic E-state index is 11.2. The van der Waals surface area contributed by atoms with Crippen molar-refractivity contribution in [1.82, 2.24) is 5.01 Å². The number of ether oxygens (including phenoxy) is 1. The molecule has 0 fully saturated rings. The molecule has 17 heavy (non-hydrogen) atoms. The third-order valence-electron chi connectivity index (χ3n) is 1.52. The summed E-state index contributed by atoms with van der Waals surface area (Å²) in [6.45, 7) is 3.77. The highest BCUT2D eigenvalue weighted by Crippen LogP contribution is 1.97. The fourth-order valence-electron chi connectivity index (χ4n) is 0.863. The van der Waals surface area contributed by atoms with Crippen molar-refractivity contribution in [1.29, 1.82) is 0 Å². The van der Waals surface area contributed by atoms with E-state index in [0.29, 0.717) is 0 Å². The van der Waals surface area contributed by atoms with E-state index in [1.165, 1.54) is 13.8 Å². The minimum Gasteiger partial charge on any atom is -0.569 e. The molecule has 9 nitrogen and oxygen atoms in total. The summed E-state index contributed by atoms with van der Waals surface area (Å²) in [5.74, 6) is -1.75. The second-order valence-electron chi connectivity index (χ2n) is 2.99. The molecule has 0 aromatic heterocycles. The Balaban J connectivity index is 4.30. The SMILES string of the molecule is CCN(CC(=O)O)/[N+]([O-])=N\OC(C)OC(C)=O. The number of esters is 1. The molecular weight excluding hydrogens is 234 g/mol. The number of rotatable bonds is 7. The highest BCUT2D eigenvalue weighted by molar-refractivity contribution is 5.68. The average molecular weight is 249 g/mol. The van der Waals surface area contributed by atoms with E-state index in [-0.39, 0.29) is 11.5 Å². The van der Waals surface area contributed by atoms with Gasteiger partial charge >= 0.3 is 11.9 Å². The van der Waals surface area contributed by atoms with Crippen molar-refractivity contribution < 1.29 is 29.2 Å². The lowest BCUT2D eigenvalue weighted by atomic mass is 10.6. The molecule has 0 spiro atoms. The zero-order valence-electron chi connectivity index (χ0n) is 9.82. The standard InChI is InChI=1S/C8H15N3O6/c1-4-10(5-8(13)14)11(15)9-17-7(3)16-6(2)12/h7H,4-5H2,1-3H3,(H,13,14)/b11-9+. The van der Waals surface area contributed by atoms with Crippen molar-refractivity contribution in [3.8, 4) is 0 Å². The molecule has 1 atom stereocenters. The second kappa shape index (κ2) is 7.25. The highest BCUT2D eigenvalue weighted by Gasteiger charge is 2.16. The average Bonchev–Trinajstić information content (AvgIpc) is 2.21. The van der Waals surface area contributed by atoms with Crippen LogP contribution in [0, 0.1) is 5.21 Å². The summed E-state index contributed by atoms with van der Waals surface area (Å²) >= 11 is 0. The minimum absolute atomic E-state index is 0.00584. The predicted molar refractivity (Wildman–Crippen MR) is 53.3 cm³/mol. The fraction of sp³-hybridized carbons (Fsp3) is 0.750. The van der Waals surface area contributed by atoms with Crippen LogP contribution in [0.5, 0.6) is 0 Å². The molecule has 0 aliphatic carbocycles. The summed E-state index contributed by atoms with van der Waals surface area (Å²) in [4.78, 5) is 25.4. The van der Waals surface area contributed by atoms with E-state index in [2.05, 4.69) is 14.9 Å². The van der Waals surface area contributed by atoms with Gasteiger partial charge in [0.05, 0.1) is 11.5 Å². The predicted octanol–water partition coefficient (Wildman–Crippen LogP) is 0.111. The molecule has 0 aromatic carbocycles. The number of nitrogens with zero attached hydrogens (tertiary/aromatic N) is 3. The lowest BCUT2D eigenvalue weighted by Crippen LogP contribution is -2.35. The molecule has 0 saturated carbocycles. The van der Waals surface area contributed by atoms with Gasteiger partial charge in [-0.05, 0) is 6.92 Å². The van der Waals surface area contributed by atoms with E-state index in [1.807, 2.05) is 0 Å². The first-order valence-corrected chi connectivity index (χ1v) is 4.84. The number of carbonyl (C=O) groups is 2. The summed E-state index contributed by atoms with van der Waals surface area (Å²) in [6.07, 6.45) is -1.02. The number of aliphatic carboxylic acids is 1. The number of hydrogen-bond donors (Lipinski definition) is 1. The molecule has 0 aliphatic heterocycles. The third-order valence-corrected chi connectivity index (χ3v) is 1.52. The molecule has 0 rings (SSSR count). The monoisotopic (exact) mass is 249 g/mol. The Bertz CT molecular complexity index is 306. The van der Waals surface area contributed by atoms with E-state index >= 15 is 0 Å². The van der Waals surface area contributed by atoms with Gasteiger partial charge < -0.3 is 15.1 Å². The normalized spacial score (nSPS) is 12.8. The van der Waals surface area contributed by atoms with Gasteiger partial charge in [-0.2, -0.15) is 0 Å². The van der Waals surface area contributed by atoms with Crippen LogP contribution in [0.15, 0.2) is 5.28 Å².